The van der Waals surface area contributed by atoms with Crippen molar-refractivity contribution in [2.75, 3.05) is 25.2 Å². The zero-order valence-corrected chi connectivity index (χ0v) is 11.6. The number of Topliss-reactive ketones (excluding diaryl/α,β-unsaturated/α-hetero) is 1. The number of hydrogen-bond acceptors (Lipinski definition) is 4. The third-order valence-corrected chi connectivity index (χ3v) is 3.11. The average Bonchev–Trinajstić information content (AvgIpc) is 2.39. The minimum atomic E-state index is 0.0643. The monoisotopic (exact) mass is 250 g/mol. The molecule has 1 atom stereocenters. The van der Waals surface area contributed by atoms with Gasteiger partial charge in [-0.25, -0.2) is 4.98 Å². The Morgan fingerprint density at radius 2 is 2.28 bits per heavy atom. The lowest BCUT2D eigenvalue weighted by molar-refractivity contribution is 0.101. The first-order valence-corrected chi connectivity index (χ1v) is 6.32. The number of carbonyl (C=O) groups excluding carboxylic acids is 1. The molecule has 0 aliphatic heterocycles. The molecule has 0 fully saturated rings. The van der Waals surface area contributed by atoms with Gasteiger partial charge in [-0.15, -0.1) is 0 Å². The van der Waals surface area contributed by atoms with Gasteiger partial charge in [-0.2, -0.15) is 0 Å². The van der Waals surface area contributed by atoms with E-state index in [0.29, 0.717) is 18.2 Å². The van der Waals surface area contributed by atoms with Gasteiger partial charge in [0.1, 0.15) is 5.82 Å². The number of rotatable bonds is 7. The molecule has 0 aliphatic rings. The topological polar surface area (TPSA) is 42.4 Å². The number of anilines is 1. The Hall–Kier alpha value is -1.42. The summed E-state index contributed by atoms with van der Waals surface area (Å²) in [5.41, 5.74) is 0.700. The lowest BCUT2D eigenvalue weighted by atomic mass is 10.1. The van der Waals surface area contributed by atoms with E-state index >= 15 is 0 Å². The smallest absolute Gasteiger partial charge is 0.159 e. The minimum Gasteiger partial charge on any atom is -0.383 e. The first kappa shape index (κ1) is 14.6. The normalized spacial score (nSPS) is 12.2. The summed E-state index contributed by atoms with van der Waals surface area (Å²) in [6, 6.07) is 3.97. The van der Waals surface area contributed by atoms with Gasteiger partial charge in [0.05, 0.1) is 6.61 Å². The zero-order valence-electron chi connectivity index (χ0n) is 11.6. The van der Waals surface area contributed by atoms with E-state index in [9.17, 15) is 4.79 Å². The van der Waals surface area contributed by atoms with Gasteiger partial charge in [0, 0.05) is 31.5 Å². The van der Waals surface area contributed by atoms with Crippen molar-refractivity contribution in [2.24, 2.45) is 0 Å². The SMILES string of the molecule is CCC(C)N(CCOC)c1cc(C(C)=O)ccn1. The molecule has 18 heavy (non-hydrogen) atoms. The maximum atomic E-state index is 11.4. The summed E-state index contributed by atoms with van der Waals surface area (Å²) in [4.78, 5) is 17.9. The van der Waals surface area contributed by atoms with E-state index in [1.807, 2.05) is 6.07 Å². The molecule has 0 amide bonds. The fourth-order valence-corrected chi connectivity index (χ4v) is 1.77. The van der Waals surface area contributed by atoms with E-state index < -0.39 is 0 Å². The highest BCUT2D eigenvalue weighted by molar-refractivity contribution is 5.94. The number of aromatic nitrogens is 1. The van der Waals surface area contributed by atoms with E-state index in [0.717, 1.165) is 18.8 Å². The van der Waals surface area contributed by atoms with Gasteiger partial charge in [0.25, 0.3) is 0 Å². The van der Waals surface area contributed by atoms with Crippen LogP contribution in [0.25, 0.3) is 0 Å². The highest BCUT2D eigenvalue weighted by Crippen LogP contribution is 2.17. The third-order valence-electron chi connectivity index (χ3n) is 3.11. The van der Waals surface area contributed by atoms with Crippen molar-refractivity contribution >= 4 is 11.6 Å². The van der Waals surface area contributed by atoms with Crippen LogP contribution in [0.5, 0.6) is 0 Å². The second-order valence-electron chi connectivity index (χ2n) is 4.40. The Balaban J connectivity index is 2.96. The molecule has 1 heterocycles. The summed E-state index contributed by atoms with van der Waals surface area (Å²) >= 11 is 0. The molecule has 0 N–H and O–H groups in total. The standard InChI is InChI=1S/C14H22N2O2/c1-5-11(2)16(8-9-18-4)14-10-13(12(3)17)6-7-15-14/h6-7,10-11H,5,8-9H2,1-4H3. The third kappa shape index (κ3) is 3.81. The Labute approximate surface area is 109 Å². The molecular formula is C14H22N2O2. The summed E-state index contributed by atoms with van der Waals surface area (Å²) in [6.07, 6.45) is 2.71. The van der Waals surface area contributed by atoms with Gasteiger partial charge >= 0.3 is 0 Å². The molecule has 1 rings (SSSR count). The quantitative estimate of drug-likeness (QED) is 0.697. The van der Waals surface area contributed by atoms with Gasteiger partial charge in [0.15, 0.2) is 5.78 Å². The van der Waals surface area contributed by atoms with Crippen LogP contribution in [0.15, 0.2) is 18.3 Å². The van der Waals surface area contributed by atoms with Crippen molar-refractivity contribution in [1.29, 1.82) is 0 Å². The Kier molecular flexibility index (Phi) is 5.78. The number of hydrogen-bond donors (Lipinski definition) is 0. The minimum absolute atomic E-state index is 0.0643. The van der Waals surface area contributed by atoms with Crippen molar-refractivity contribution in [2.45, 2.75) is 33.2 Å². The predicted molar refractivity (Wildman–Crippen MR) is 73.2 cm³/mol. The lowest BCUT2D eigenvalue weighted by Crippen LogP contribution is -2.36. The van der Waals surface area contributed by atoms with Crippen LogP contribution in [0.2, 0.25) is 0 Å². The van der Waals surface area contributed by atoms with Crippen molar-refractivity contribution in [3.8, 4) is 0 Å². The maximum absolute atomic E-state index is 11.4. The average molecular weight is 250 g/mol. The molecule has 1 unspecified atom stereocenters. The molecule has 0 saturated carbocycles. The van der Waals surface area contributed by atoms with E-state index in [4.69, 9.17) is 4.74 Å². The molecule has 0 aromatic carbocycles. The van der Waals surface area contributed by atoms with Crippen LogP contribution in [0, 0.1) is 0 Å². The number of carbonyl (C=O) groups is 1. The number of methoxy groups -OCH3 is 1. The molecule has 0 radical (unpaired) electrons. The number of ketones is 1. The van der Waals surface area contributed by atoms with Crippen LogP contribution in [-0.4, -0.2) is 37.1 Å². The van der Waals surface area contributed by atoms with Crippen molar-refractivity contribution in [1.82, 2.24) is 4.98 Å². The molecule has 4 nitrogen and oxygen atoms in total. The van der Waals surface area contributed by atoms with Gasteiger partial charge in [-0.3, -0.25) is 4.79 Å². The van der Waals surface area contributed by atoms with Gasteiger partial charge < -0.3 is 9.64 Å². The Morgan fingerprint density at radius 1 is 1.56 bits per heavy atom. The fraction of sp³-hybridized carbons (Fsp3) is 0.571. The predicted octanol–water partition coefficient (Wildman–Crippen LogP) is 2.54. The Bertz CT molecular complexity index is 393. The highest BCUT2D eigenvalue weighted by Gasteiger charge is 2.15. The van der Waals surface area contributed by atoms with Crippen LogP contribution >= 0.6 is 0 Å². The highest BCUT2D eigenvalue weighted by atomic mass is 16.5. The van der Waals surface area contributed by atoms with E-state index in [-0.39, 0.29) is 5.78 Å². The first-order valence-electron chi connectivity index (χ1n) is 6.32. The summed E-state index contributed by atoms with van der Waals surface area (Å²) in [5.74, 6) is 0.906. The molecule has 0 aliphatic carbocycles. The van der Waals surface area contributed by atoms with Crippen LogP contribution in [-0.2, 0) is 4.74 Å². The lowest BCUT2D eigenvalue weighted by Gasteiger charge is -2.29. The van der Waals surface area contributed by atoms with Crippen LogP contribution in [0.3, 0.4) is 0 Å². The molecule has 1 aromatic rings. The van der Waals surface area contributed by atoms with Crippen LogP contribution in [0.4, 0.5) is 5.82 Å². The first-order chi connectivity index (χ1) is 8.60. The fourth-order valence-electron chi connectivity index (χ4n) is 1.77. The summed E-state index contributed by atoms with van der Waals surface area (Å²) in [7, 11) is 1.69. The van der Waals surface area contributed by atoms with Crippen LogP contribution in [0.1, 0.15) is 37.6 Å². The van der Waals surface area contributed by atoms with Crippen molar-refractivity contribution in [3.05, 3.63) is 23.9 Å². The second kappa shape index (κ2) is 7.11. The molecular weight excluding hydrogens is 228 g/mol. The molecule has 0 bridgehead atoms. The van der Waals surface area contributed by atoms with E-state index in [1.165, 1.54) is 0 Å². The van der Waals surface area contributed by atoms with Gasteiger partial charge in [-0.1, -0.05) is 6.92 Å². The summed E-state index contributed by atoms with van der Waals surface area (Å²) < 4.78 is 5.13. The maximum Gasteiger partial charge on any atom is 0.159 e. The number of pyridine rings is 1. The molecule has 100 valence electrons. The molecule has 4 heteroatoms. The second-order valence-corrected chi connectivity index (χ2v) is 4.40. The number of ether oxygens (including phenoxy) is 1. The van der Waals surface area contributed by atoms with Gasteiger partial charge in [-0.05, 0) is 32.4 Å². The van der Waals surface area contributed by atoms with Crippen molar-refractivity contribution < 1.29 is 9.53 Å². The largest absolute Gasteiger partial charge is 0.383 e. The van der Waals surface area contributed by atoms with Crippen LogP contribution < -0.4 is 4.90 Å². The zero-order chi connectivity index (χ0) is 13.5. The molecule has 0 spiro atoms. The molecule has 1 aromatic heterocycles. The van der Waals surface area contributed by atoms with Gasteiger partial charge in [0.2, 0.25) is 0 Å². The van der Waals surface area contributed by atoms with E-state index in [1.54, 1.807) is 26.3 Å². The Morgan fingerprint density at radius 3 is 2.83 bits per heavy atom. The van der Waals surface area contributed by atoms with E-state index in [2.05, 4.69) is 23.7 Å². The molecule has 0 saturated heterocycles. The number of nitrogens with zero attached hydrogens (tertiary/aromatic N) is 2. The summed E-state index contributed by atoms with van der Waals surface area (Å²) in [5, 5.41) is 0. The van der Waals surface area contributed by atoms with Crippen molar-refractivity contribution in [3.63, 3.8) is 0 Å². The summed E-state index contributed by atoms with van der Waals surface area (Å²) in [6.45, 7) is 7.29.